The van der Waals surface area contributed by atoms with Gasteiger partial charge in [0.2, 0.25) is 0 Å². The zero-order chi connectivity index (χ0) is 21.5. The Bertz CT molecular complexity index is 1250. The van der Waals surface area contributed by atoms with Crippen LogP contribution in [0.2, 0.25) is 0 Å². The second-order valence-electron chi connectivity index (χ2n) is 8.84. The molecule has 2 fully saturated rings. The number of imidazole rings is 1. The fraction of sp³-hybridized carbons (Fsp3) is 0.304. The topological polar surface area (TPSA) is 69.2 Å². The molecular formula is C23H18BrF2N3O2. The molecule has 0 bridgehead atoms. The average Bonchev–Trinajstić information content (AvgIpc) is 3.09. The minimum atomic E-state index is -3.09. The first-order chi connectivity index (χ1) is 14.8. The number of carbonyl (C=O) groups is 1. The van der Waals surface area contributed by atoms with Crippen LogP contribution >= 0.6 is 15.9 Å². The van der Waals surface area contributed by atoms with Crippen LogP contribution in [-0.2, 0) is 5.92 Å². The lowest BCUT2D eigenvalue weighted by molar-refractivity contribution is 0.0480. The van der Waals surface area contributed by atoms with E-state index < -0.39 is 12.0 Å². The quantitative estimate of drug-likeness (QED) is 0.456. The number of rotatable bonds is 2. The summed E-state index contributed by atoms with van der Waals surface area (Å²) in [6.07, 6.45) is 3.48. The molecule has 158 valence electrons. The van der Waals surface area contributed by atoms with E-state index in [1.54, 1.807) is 30.5 Å². The number of fused-ring (bicyclic) bond motifs is 3. The summed E-state index contributed by atoms with van der Waals surface area (Å²) in [5.41, 5.74) is 2.33. The molecule has 1 saturated heterocycles. The highest BCUT2D eigenvalue weighted by Crippen LogP contribution is 2.58. The second-order valence-corrected chi connectivity index (χ2v) is 9.75. The van der Waals surface area contributed by atoms with Gasteiger partial charge in [-0.1, -0.05) is 34.1 Å². The average molecular weight is 486 g/mol. The fourth-order valence-electron chi connectivity index (χ4n) is 5.06. The van der Waals surface area contributed by atoms with Gasteiger partial charge in [-0.2, -0.15) is 8.78 Å². The molecule has 3 aliphatic rings. The van der Waals surface area contributed by atoms with Crippen molar-refractivity contribution in [2.75, 3.05) is 6.54 Å². The van der Waals surface area contributed by atoms with Crippen molar-refractivity contribution in [1.29, 1.82) is 0 Å². The van der Waals surface area contributed by atoms with Gasteiger partial charge in [-0.05, 0) is 54.0 Å². The molecule has 1 spiro atoms. The van der Waals surface area contributed by atoms with Crippen molar-refractivity contribution < 1.29 is 18.7 Å². The normalized spacial score (nSPS) is 21.9. The van der Waals surface area contributed by atoms with Crippen LogP contribution in [-0.4, -0.2) is 32.6 Å². The van der Waals surface area contributed by atoms with Crippen LogP contribution in [0, 0.1) is 5.41 Å². The summed E-state index contributed by atoms with van der Waals surface area (Å²) in [4.78, 5) is 20.8. The molecule has 6 rings (SSSR count). The number of H-pyrrole nitrogens is 1. The molecule has 5 nitrogen and oxygen atoms in total. The molecule has 2 aromatic carbocycles. The van der Waals surface area contributed by atoms with Gasteiger partial charge in [0.15, 0.2) is 0 Å². The number of hydrogen-bond acceptors (Lipinski definition) is 2. The Morgan fingerprint density at radius 2 is 1.87 bits per heavy atom. The zero-order valence-electron chi connectivity index (χ0n) is 16.3. The minimum absolute atomic E-state index is 0.00267. The molecule has 2 aliphatic carbocycles. The number of hydrogen-bond donors (Lipinski definition) is 2. The summed E-state index contributed by atoms with van der Waals surface area (Å²) in [6, 6.07) is 9.64. The van der Waals surface area contributed by atoms with Gasteiger partial charge in [0.05, 0.1) is 17.9 Å². The third kappa shape index (κ3) is 2.77. The molecule has 1 saturated carbocycles. The maximum atomic E-state index is 15.2. The van der Waals surface area contributed by atoms with E-state index in [0.29, 0.717) is 39.2 Å². The maximum Gasteiger partial charge on any atom is 0.407 e. The first kappa shape index (κ1) is 19.0. The highest BCUT2D eigenvalue weighted by Gasteiger charge is 2.54. The molecule has 1 aliphatic heterocycles. The first-order valence-electron chi connectivity index (χ1n) is 10.2. The number of benzene rings is 2. The molecular weight excluding hydrogens is 468 g/mol. The lowest BCUT2D eigenvalue weighted by Crippen LogP contribution is -2.30. The SMILES string of the molecule is O=C(O)N1CC2(CC2)CC1c1ncc(-c2ccc3c(c2)C(F)(F)c2cc(Br)ccc2-3)[nH]1. The Morgan fingerprint density at radius 1 is 1.16 bits per heavy atom. The van der Waals surface area contributed by atoms with E-state index in [-0.39, 0.29) is 22.6 Å². The fourth-order valence-corrected chi connectivity index (χ4v) is 5.42. The van der Waals surface area contributed by atoms with E-state index in [2.05, 4.69) is 25.9 Å². The predicted molar refractivity (Wildman–Crippen MR) is 114 cm³/mol. The third-order valence-corrected chi connectivity index (χ3v) is 7.39. The van der Waals surface area contributed by atoms with E-state index in [1.807, 2.05) is 0 Å². The van der Waals surface area contributed by atoms with E-state index in [9.17, 15) is 9.90 Å². The molecule has 0 radical (unpaired) electrons. The van der Waals surface area contributed by atoms with Crippen molar-refractivity contribution in [3.05, 3.63) is 64.0 Å². The van der Waals surface area contributed by atoms with Crippen molar-refractivity contribution >= 4 is 22.0 Å². The van der Waals surface area contributed by atoms with Crippen molar-refractivity contribution in [3.8, 4) is 22.4 Å². The molecule has 3 aromatic rings. The maximum absolute atomic E-state index is 15.2. The van der Waals surface area contributed by atoms with Crippen LogP contribution in [0.3, 0.4) is 0 Å². The number of carboxylic acid groups (broad SMARTS) is 1. The zero-order valence-corrected chi connectivity index (χ0v) is 17.9. The van der Waals surface area contributed by atoms with Crippen LogP contribution in [0.15, 0.2) is 47.1 Å². The highest BCUT2D eigenvalue weighted by molar-refractivity contribution is 9.10. The monoisotopic (exact) mass is 485 g/mol. The van der Waals surface area contributed by atoms with Gasteiger partial charge in [0.1, 0.15) is 5.82 Å². The van der Waals surface area contributed by atoms with Gasteiger partial charge in [0.25, 0.3) is 5.92 Å². The number of nitrogens with one attached hydrogen (secondary N) is 1. The van der Waals surface area contributed by atoms with Crippen LogP contribution in [0.5, 0.6) is 0 Å². The van der Waals surface area contributed by atoms with E-state index >= 15 is 8.78 Å². The molecule has 2 N–H and O–H groups in total. The Hall–Kier alpha value is -2.74. The standard InChI is InChI=1S/C23H18BrF2N3O2/c24-13-2-4-15-14-3-1-12(7-16(14)23(25,26)17(15)8-13)18-10-27-20(28-18)19-9-22(5-6-22)11-29(19)21(30)31/h1-4,7-8,10,19H,5-6,9,11H2,(H,27,28)(H,30,31). The smallest absolute Gasteiger partial charge is 0.407 e. The summed E-state index contributed by atoms with van der Waals surface area (Å²) in [7, 11) is 0. The number of amides is 1. The Morgan fingerprint density at radius 3 is 2.58 bits per heavy atom. The molecule has 31 heavy (non-hydrogen) atoms. The van der Waals surface area contributed by atoms with Crippen molar-refractivity contribution in [1.82, 2.24) is 14.9 Å². The lowest BCUT2D eigenvalue weighted by atomic mass is 10.0. The lowest BCUT2D eigenvalue weighted by Gasteiger charge is -2.19. The van der Waals surface area contributed by atoms with E-state index in [0.717, 1.165) is 19.3 Å². The molecule has 1 atom stereocenters. The Balaban J connectivity index is 1.36. The molecule has 8 heteroatoms. The Kier molecular flexibility index (Phi) is 3.77. The summed E-state index contributed by atoms with van der Waals surface area (Å²) >= 11 is 3.28. The largest absolute Gasteiger partial charge is 0.465 e. The number of aromatic amines is 1. The number of likely N-dealkylation sites (tertiary alicyclic amines) is 1. The van der Waals surface area contributed by atoms with E-state index in [1.165, 1.54) is 17.0 Å². The first-order valence-corrected chi connectivity index (χ1v) is 10.9. The number of aromatic nitrogens is 2. The predicted octanol–water partition coefficient (Wildman–Crippen LogP) is 6.16. The van der Waals surface area contributed by atoms with Crippen LogP contribution in [0.25, 0.3) is 22.4 Å². The van der Waals surface area contributed by atoms with Gasteiger partial charge < -0.3 is 10.1 Å². The van der Waals surface area contributed by atoms with Crippen molar-refractivity contribution in [2.24, 2.45) is 5.41 Å². The summed E-state index contributed by atoms with van der Waals surface area (Å²) in [6.45, 7) is 0.530. The highest BCUT2D eigenvalue weighted by atomic mass is 79.9. The van der Waals surface area contributed by atoms with Gasteiger partial charge in [-0.25, -0.2) is 9.78 Å². The van der Waals surface area contributed by atoms with Crippen molar-refractivity contribution in [3.63, 3.8) is 0 Å². The minimum Gasteiger partial charge on any atom is -0.465 e. The van der Waals surface area contributed by atoms with Gasteiger partial charge in [-0.15, -0.1) is 0 Å². The van der Waals surface area contributed by atoms with Crippen LogP contribution < -0.4 is 0 Å². The molecule has 2 heterocycles. The summed E-state index contributed by atoms with van der Waals surface area (Å²) < 4.78 is 31.0. The van der Waals surface area contributed by atoms with Gasteiger partial charge >= 0.3 is 6.09 Å². The van der Waals surface area contributed by atoms with Gasteiger partial charge in [0, 0.05) is 27.7 Å². The van der Waals surface area contributed by atoms with Crippen LogP contribution in [0.1, 0.15) is 42.3 Å². The summed E-state index contributed by atoms with van der Waals surface area (Å²) in [5, 5.41) is 9.60. The molecule has 1 aromatic heterocycles. The van der Waals surface area contributed by atoms with Gasteiger partial charge in [-0.3, -0.25) is 4.90 Å². The van der Waals surface area contributed by atoms with E-state index in [4.69, 9.17) is 0 Å². The number of alkyl halides is 2. The second kappa shape index (κ2) is 6.16. The third-order valence-electron chi connectivity index (χ3n) is 6.90. The molecule has 1 amide bonds. The number of halogens is 3. The summed E-state index contributed by atoms with van der Waals surface area (Å²) in [5.74, 6) is -2.52. The van der Waals surface area contributed by atoms with Crippen molar-refractivity contribution in [2.45, 2.75) is 31.2 Å². The van der Waals surface area contributed by atoms with Crippen LogP contribution in [0.4, 0.5) is 13.6 Å². The number of nitrogens with zero attached hydrogens (tertiary/aromatic N) is 2. The Labute approximate surface area is 185 Å². The molecule has 1 unspecified atom stereocenters.